The van der Waals surface area contributed by atoms with Crippen molar-refractivity contribution in [2.24, 2.45) is 0 Å². The van der Waals surface area contributed by atoms with Gasteiger partial charge in [0.15, 0.2) is 12.4 Å². The number of benzene rings is 1. The van der Waals surface area contributed by atoms with Crippen LogP contribution in [0.2, 0.25) is 0 Å². The highest BCUT2D eigenvalue weighted by Gasteiger charge is 2.26. The predicted molar refractivity (Wildman–Crippen MR) is 61.2 cm³/mol. The number of carbonyl (C=O) groups excluding carboxylic acids is 1. The lowest BCUT2D eigenvalue weighted by atomic mass is 10.2. The zero-order valence-electron chi connectivity index (χ0n) is 9.33. The summed E-state index contributed by atoms with van der Waals surface area (Å²) in [6.07, 6.45) is 0.197. The van der Waals surface area contributed by atoms with E-state index in [1.165, 1.54) is 23.1 Å². The molecule has 0 bridgehead atoms. The van der Waals surface area contributed by atoms with Crippen molar-refractivity contribution in [2.45, 2.75) is 6.42 Å². The molecule has 1 aromatic rings. The molecule has 1 amide bonds. The van der Waals surface area contributed by atoms with Crippen LogP contribution in [0.5, 0.6) is 5.75 Å². The molecule has 0 aliphatic carbocycles. The van der Waals surface area contributed by atoms with Crippen LogP contribution in [0.25, 0.3) is 0 Å². The fourth-order valence-electron chi connectivity index (χ4n) is 1.71. The van der Waals surface area contributed by atoms with Crippen LogP contribution in [0.15, 0.2) is 18.2 Å². The number of anilines is 1. The Balaban J connectivity index is 2.36. The lowest BCUT2D eigenvalue weighted by Gasteiger charge is -2.28. The molecule has 0 spiro atoms. The van der Waals surface area contributed by atoms with Crippen LogP contribution in [0.4, 0.5) is 11.4 Å². The molecule has 0 atom stereocenters. The van der Waals surface area contributed by atoms with Gasteiger partial charge in [0.2, 0.25) is 0 Å². The monoisotopic (exact) mass is 247 g/mol. The van der Waals surface area contributed by atoms with Gasteiger partial charge in [0.05, 0.1) is 29.2 Å². The topological polar surface area (TPSA) is 96.5 Å². The van der Waals surface area contributed by atoms with E-state index in [4.69, 9.17) is 10.00 Å². The van der Waals surface area contributed by atoms with Crippen LogP contribution in [0.3, 0.4) is 0 Å². The van der Waals surface area contributed by atoms with Crippen LogP contribution in [0, 0.1) is 21.4 Å². The van der Waals surface area contributed by atoms with Crippen molar-refractivity contribution < 1.29 is 14.5 Å². The number of amides is 1. The average molecular weight is 247 g/mol. The fraction of sp³-hybridized carbons (Fsp3) is 0.273. The summed E-state index contributed by atoms with van der Waals surface area (Å²) in [6.45, 7) is 0.0864. The first-order chi connectivity index (χ1) is 8.63. The van der Waals surface area contributed by atoms with Gasteiger partial charge in [0.1, 0.15) is 0 Å². The van der Waals surface area contributed by atoms with E-state index in [1.807, 2.05) is 6.07 Å². The van der Waals surface area contributed by atoms with Gasteiger partial charge in [-0.25, -0.2) is 0 Å². The van der Waals surface area contributed by atoms with Crippen LogP contribution < -0.4 is 9.64 Å². The molecule has 0 unspecified atom stereocenters. The number of non-ortho nitro benzene ring substituents is 1. The molecular weight excluding hydrogens is 238 g/mol. The van der Waals surface area contributed by atoms with E-state index in [2.05, 4.69) is 0 Å². The summed E-state index contributed by atoms with van der Waals surface area (Å²) in [7, 11) is 0. The van der Waals surface area contributed by atoms with E-state index < -0.39 is 4.92 Å². The molecule has 18 heavy (non-hydrogen) atoms. The summed E-state index contributed by atoms with van der Waals surface area (Å²) in [6, 6.07) is 6.00. The van der Waals surface area contributed by atoms with Crippen molar-refractivity contribution in [1.82, 2.24) is 0 Å². The molecule has 2 rings (SSSR count). The number of nitriles is 1. The van der Waals surface area contributed by atoms with Crippen molar-refractivity contribution >= 4 is 17.3 Å². The maximum absolute atomic E-state index is 11.6. The van der Waals surface area contributed by atoms with Crippen molar-refractivity contribution in [1.29, 1.82) is 5.26 Å². The van der Waals surface area contributed by atoms with Gasteiger partial charge in [-0.05, 0) is 6.07 Å². The molecule has 1 heterocycles. The van der Waals surface area contributed by atoms with E-state index in [0.717, 1.165) is 0 Å². The molecule has 0 aromatic heterocycles. The molecule has 1 aliphatic heterocycles. The zero-order valence-corrected chi connectivity index (χ0v) is 9.33. The third-order valence-corrected chi connectivity index (χ3v) is 2.54. The Kier molecular flexibility index (Phi) is 3.10. The number of nitro groups is 1. The number of nitro benzene ring substituents is 1. The summed E-state index contributed by atoms with van der Waals surface area (Å²) < 4.78 is 5.16. The summed E-state index contributed by atoms with van der Waals surface area (Å²) in [4.78, 5) is 23.2. The van der Waals surface area contributed by atoms with Crippen molar-refractivity contribution in [3.8, 4) is 11.8 Å². The van der Waals surface area contributed by atoms with Gasteiger partial charge in [-0.15, -0.1) is 0 Å². The molecule has 7 nitrogen and oxygen atoms in total. The third-order valence-electron chi connectivity index (χ3n) is 2.54. The van der Waals surface area contributed by atoms with Crippen molar-refractivity contribution in [3.05, 3.63) is 28.3 Å². The second kappa shape index (κ2) is 4.71. The van der Waals surface area contributed by atoms with Gasteiger partial charge >= 0.3 is 0 Å². The normalized spacial score (nSPS) is 13.5. The summed E-state index contributed by atoms with van der Waals surface area (Å²) in [5.74, 6) is 0.0355. The number of rotatable bonds is 3. The highest BCUT2D eigenvalue weighted by molar-refractivity contribution is 5.98. The van der Waals surface area contributed by atoms with E-state index in [-0.39, 0.29) is 31.2 Å². The van der Waals surface area contributed by atoms with Gasteiger partial charge in [0, 0.05) is 12.6 Å². The molecule has 1 aromatic carbocycles. The predicted octanol–water partition coefficient (Wildman–Crippen LogP) is 1.23. The van der Waals surface area contributed by atoms with E-state index in [0.29, 0.717) is 11.4 Å². The first-order valence-electron chi connectivity index (χ1n) is 5.22. The standard InChI is InChI=1S/C11H9N3O4/c12-4-1-5-13-9-3-2-8(14(16)17)6-10(9)18-7-11(13)15/h2-3,6H,1,5,7H2. The van der Waals surface area contributed by atoms with Gasteiger partial charge in [-0.3, -0.25) is 14.9 Å². The highest BCUT2D eigenvalue weighted by atomic mass is 16.6. The average Bonchev–Trinajstić information content (AvgIpc) is 2.37. The smallest absolute Gasteiger partial charge is 0.273 e. The molecule has 0 saturated carbocycles. The Bertz CT molecular complexity index is 550. The summed E-state index contributed by atoms with van der Waals surface area (Å²) in [5.41, 5.74) is 0.371. The number of ether oxygens (including phenoxy) is 1. The van der Waals surface area contributed by atoms with Gasteiger partial charge in [-0.1, -0.05) is 0 Å². The molecular formula is C11H9N3O4. The molecule has 92 valence electrons. The minimum absolute atomic E-state index is 0.0941. The Labute approximate surface area is 102 Å². The Morgan fingerprint density at radius 1 is 1.56 bits per heavy atom. The van der Waals surface area contributed by atoms with E-state index in [9.17, 15) is 14.9 Å². The lowest BCUT2D eigenvalue weighted by molar-refractivity contribution is -0.384. The first kappa shape index (κ1) is 11.9. The maximum Gasteiger partial charge on any atom is 0.273 e. The molecule has 1 aliphatic rings. The number of fused-ring (bicyclic) bond motifs is 1. The number of carbonyl (C=O) groups is 1. The van der Waals surface area contributed by atoms with Crippen molar-refractivity contribution in [3.63, 3.8) is 0 Å². The minimum Gasteiger partial charge on any atom is -0.481 e. The van der Waals surface area contributed by atoms with Gasteiger partial charge in [0.25, 0.3) is 11.6 Å². The largest absolute Gasteiger partial charge is 0.481 e. The molecule has 0 fully saturated rings. The Hall–Kier alpha value is -2.62. The number of nitrogens with zero attached hydrogens (tertiary/aromatic N) is 3. The second-order valence-corrected chi connectivity index (χ2v) is 3.65. The van der Waals surface area contributed by atoms with Crippen LogP contribution in [-0.2, 0) is 4.79 Å². The van der Waals surface area contributed by atoms with E-state index in [1.54, 1.807) is 0 Å². The van der Waals surface area contributed by atoms with E-state index >= 15 is 0 Å². The van der Waals surface area contributed by atoms with Crippen LogP contribution >= 0.6 is 0 Å². The number of hydrogen-bond donors (Lipinski definition) is 0. The Morgan fingerprint density at radius 3 is 3.00 bits per heavy atom. The quantitative estimate of drug-likeness (QED) is 0.591. The number of hydrogen-bond acceptors (Lipinski definition) is 5. The molecule has 7 heteroatoms. The van der Waals surface area contributed by atoms with Crippen LogP contribution in [-0.4, -0.2) is 24.0 Å². The van der Waals surface area contributed by atoms with Crippen LogP contribution in [0.1, 0.15) is 6.42 Å². The maximum atomic E-state index is 11.6. The SMILES string of the molecule is N#CCCN1C(=O)COc2cc([N+](=O)[O-])ccc21. The van der Waals surface area contributed by atoms with Gasteiger partial charge < -0.3 is 9.64 Å². The highest BCUT2D eigenvalue weighted by Crippen LogP contribution is 2.35. The zero-order chi connectivity index (χ0) is 13.1. The lowest BCUT2D eigenvalue weighted by Crippen LogP contribution is -2.39. The van der Waals surface area contributed by atoms with Gasteiger partial charge in [-0.2, -0.15) is 5.26 Å². The minimum atomic E-state index is -0.528. The fourth-order valence-corrected chi connectivity index (χ4v) is 1.71. The third kappa shape index (κ3) is 2.08. The summed E-state index contributed by atoms with van der Waals surface area (Å²) >= 11 is 0. The first-order valence-corrected chi connectivity index (χ1v) is 5.22. The Morgan fingerprint density at radius 2 is 2.33 bits per heavy atom. The molecule has 0 N–H and O–H groups in total. The molecule has 0 radical (unpaired) electrons. The summed E-state index contributed by atoms with van der Waals surface area (Å²) in [5, 5.41) is 19.2. The van der Waals surface area contributed by atoms with Crippen molar-refractivity contribution in [2.75, 3.05) is 18.1 Å². The molecule has 0 saturated heterocycles. The second-order valence-electron chi connectivity index (χ2n) is 3.65.